The lowest BCUT2D eigenvalue weighted by Crippen LogP contribution is -2.03. The van der Waals surface area contributed by atoms with Crippen molar-refractivity contribution in [3.63, 3.8) is 0 Å². The molecule has 0 aromatic heterocycles. The summed E-state index contributed by atoms with van der Waals surface area (Å²) in [5, 5.41) is 8.65. The van der Waals surface area contributed by atoms with Gasteiger partial charge in [0.25, 0.3) is 0 Å². The summed E-state index contributed by atoms with van der Waals surface area (Å²) < 4.78 is 0. The van der Waals surface area contributed by atoms with Gasteiger partial charge in [-0.2, -0.15) is 0 Å². The van der Waals surface area contributed by atoms with E-state index in [0.717, 1.165) is 17.4 Å². The van der Waals surface area contributed by atoms with Crippen LogP contribution in [0.25, 0.3) is 0 Å². The van der Waals surface area contributed by atoms with Gasteiger partial charge in [-0.3, -0.25) is 4.79 Å². The van der Waals surface area contributed by atoms with Gasteiger partial charge in [0.1, 0.15) is 6.29 Å². The minimum absolute atomic E-state index is 0.0228. The van der Waals surface area contributed by atoms with Crippen molar-refractivity contribution in [3.05, 3.63) is 35.4 Å². The summed E-state index contributed by atoms with van der Waals surface area (Å²) in [5.74, 6) is -0.844. The predicted octanol–water partition coefficient (Wildman–Crippen LogP) is 1.45. The number of carbonyl (C=O) groups excluding carboxylic acids is 1. The van der Waals surface area contributed by atoms with Gasteiger partial charge >= 0.3 is 5.97 Å². The molecule has 0 spiro atoms. The minimum atomic E-state index is -0.844. The summed E-state index contributed by atoms with van der Waals surface area (Å²) in [6.07, 6.45) is 1.93. The van der Waals surface area contributed by atoms with Gasteiger partial charge in [0.15, 0.2) is 0 Å². The van der Waals surface area contributed by atoms with Gasteiger partial charge in [0.2, 0.25) is 0 Å². The first-order valence-electron chi connectivity index (χ1n) is 4.46. The molecule has 0 saturated heterocycles. The zero-order valence-corrected chi connectivity index (χ0v) is 7.77. The van der Waals surface area contributed by atoms with Gasteiger partial charge in [0, 0.05) is 6.42 Å². The number of aryl methyl sites for hydroxylation is 1. The molecule has 0 aliphatic heterocycles. The van der Waals surface area contributed by atoms with Crippen molar-refractivity contribution >= 4 is 12.3 Å². The molecule has 0 atom stereocenters. The fraction of sp³-hybridized carbons (Fsp3) is 0.273. The monoisotopic (exact) mass is 192 g/mol. The van der Waals surface area contributed by atoms with Crippen LogP contribution in [0.5, 0.6) is 0 Å². The van der Waals surface area contributed by atoms with Gasteiger partial charge < -0.3 is 9.90 Å². The maximum Gasteiger partial charge on any atom is 0.307 e. The number of carboxylic acid groups (broad SMARTS) is 1. The Morgan fingerprint density at radius 2 is 1.93 bits per heavy atom. The van der Waals surface area contributed by atoms with E-state index in [4.69, 9.17) is 5.11 Å². The molecule has 1 N–H and O–H groups in total. The highest BCUT2D eigenvalue weighted by molar-refractivity contribution is 5.70. The number of aldehydes is 1. The smallest absolute Gasteiger partial charge is 0.307 e. The van der Waals surface area contributed by atoms with E-state index in [0.29, 0.717) is 12.8 Å². The zero-order chi connectivity index (χ0) is 10.4. The molecule has 14 heavy (non-hydrogen) atoms. The van der Waals surface area contributed by atoms with Gasteiger partial charge in [-0.25, -0.2) is 0 Å². The quantitative estimate of drug-likeness (QED) is 0.718. The van der Waals surface area contributed by atoms with Crippen molar-refractivity contribution in [1.82, 2.24) is 0 Å². The number of hydrogen-bond donors (Lipinski definition) is 1. The Kier molecular flexibility index (Phi) is 3.85. The summed E-state index contributed by atoms with van der Waals surface area (Å²) in [4.78, 5) is 20.7. The van der Waals surface area contributed by atoms with Crippen molar-refractivity contribution in [1.29, 1.82) is 0 Å². The molecule has 1 aromatic carbocycles. The van der Waals surface area contributed by atoms with E-state index < -0.39 is 5.97 Å². The van der Waals surface area contributed by atoms with E-state index in [1.54, 1.807) is 6.07 Å². The van der Waals surface area contributed by atoms with Gasteiger partial charge in [-0.05, 0) is 17.5 Å². The Morgan fingerprint density at radius 1 is 1.29 bits per heavy atom. The molecule has 0 radical (unpaired) electrons. The molecule has 3 heteroatoms. The van der Waals surface area contributed by atoms with Crippen LogP contribution in [-0.2, 0) is 22.4 Å². The molecule has 3 nitrogen and oxygen atoms in total. The number of benzene rings is 1. The largest absolute Gasteiger partial charge is 0.481 e. The van der Waals surface area contributed by atoms with Gasteiger partial charge in [0.05, 0.1) is 6.42 Å². The number of rotatable bonds is 5. The number of carbonyl (C=O) groups is 2. The van der Waals surface area contributed by atoms with Crippen LogP contribution in [0.2, 0.25) is 0 Å². The fourth-order valence-corrected chi connectivity index (χ4v) is 1.35. The Bertz CT molecular complexity index is 331. The maximum absolute atomic E-state index is 10.5. The first kappa shape index (κ1) is 10.4. The average molecular weight is 192 g/mol. The van der Waals surface area contributed by atoms with Crippen LogP contribution in [0, 0.1) is 0 Å². The molecular weight excluding hydrogens is 180 g/mol. The van der Waals surface area contributed by atoms with E-state index >= 15 is 0 Å². The van der Waals surface area contributed by atoms with E-state index in [2.05, 4.69) is 0 Å². The highest BCUT2D eigenvalue weighted by Crippen LogP contribution is 2.11. The first-order valence-corrected chi connectivity index (χ1v) is 4.46. The fourth-order valence-electron chi connectivity index (χ4n) is 1.35. The lowest BCUT2D eigenvalue weighted by atomic mass is 10.0. The second-order valence-electron chi connectivity index (χ2n) is 3.04. The van der Waals surface area contributed by atoms with Crippen LogP contribution >= 0.6 is 0 Å². The van der Waals surface area contributed by atoms with Crippen LogP contribution in [0.15, 0.2) is 24.3 Å². The summed E-state index contributed by atoms with van der Waals surface area (Å²) in [6.45, 7) is 0. The third-order valence-electron chi connectivity index (χ3n) is 1.99. The minimum Gasteiger partial charge on any atom is -0.481 e. The zero-order valence-electron chi connectivity index (χ0n) is 7.77. The summed E-state index contributed by atoms with van der Waals surface area (Å²) >= 11 is 0. The lowest BCUT2D eigenvalue weighted by Gasteiger charge is -2.04. The van der Waals surface area contributed by atoms with Crippen LogP contribution in [-0.4, -0.2) is 17.4 Å². The van der Waals surface area contributed by atoms with Crippen molar-refractivity contribution < 1.29 is 14.7 Å². The Hall–Kier alpha value is -1.64. The maximum atomic E-state index is 10.5. The van der Waals surface area contributed by atoms with Crippen LogP contribution < -0.4 is 0 Å². The molecule has 0 amide bonds. The topological polar surface area (TPSA) is 54.4 Å². The van der Waals surface area contributed by atoms with E-state index in [-0.39, 0.29) is 6.42 Å². The van der Waals surface area contributed by atoms with E-state index in [1.165, 1.54) is 0 Å². The first-order chi connectivity index (χ1) is 6.74. The summed E-state index contributed by atoms with van der Waals surface area (Å²) in [5.41, 5.74) is 1.74. The van der Waals surface area contributed by atoms with Crippen molar-refractivity contribution in [2.45, 2.75) is 19.3 Å². The van der Waals surface area contributed by atoms with Crippen LogP contribution in [0.4, 0.5) is 0 Å². The standard InChI is InChI=1S/C11H12O3/c12-7-3-6-9-4-1-2-5-10(9)8-11(13)14/h1-2,4-5,7H,3,6,8H2,(H,13,14). The third kappa shape index (κ3) is 3.01. The van der Waals surface area contributed by atoms with Crippen molar-refractivity contribution in [2.24, 2.45) is 0 Å². The molecule has 0 heterocycles. The molecule has 0 fully saturated rings. The summed E-state index contributed by atoms with van der Waals surface area (Å²) in [7, 11) is 0. The molecule has 74 valence electrons. The molecule has 0 unspecified atom stereocenters. The second kappa shape index (κ2) is 5.17. The Labute approximate surface area is 82.4 Å². The summed E-state index contributed by atoms with van der Waals surface area (Å²) in [6, 6.07) is 7.31. The molecular formula is C11H12O3. The van der Waals surface area contributed by atoms with Crippen LogP contribution in [0.3, 0.4) is 0 Å². The Balaban J connectivity index is 2.79. The lowest BCUT2D eigenvalue weighted by molar-refractivity contribution is -0.136. The molecule has 0 saturated carbocycles. The highest BCUT2D eigenvalue weighted by Gasteiger charge is 2.05. The van der Waals surface area contributed by atoms with E-state index in [1.807, 2.05) is 18.2 Å². The van der Waals surface area contributed by atoms with Gasteiger partial charge in [-0.1, -0.05) is 24.3 Å². The average Bonchev–Trinajstić information content (AvgIpc) is 2.16. The molecule has 0 bridgehead atoms. The second-order valence-corrected chi connectivity index (χ2v) is 3.04. The van der Waals surface area contributed by atoms with Crippen molar-refractivity contribution in [2.75, 3.05) is 0 Å². The molecule has 0 aliphatic rings. The SMILES string of the molecule is O=CCCc1ccccc1CC(=O)O. The van der Waals surface area contributed by atoms with E-state index in [9.17, 15) is 9.59 Å². The number of hydrogen-bond acceptors (Lipinski definition) is 2. The van der Waals surface area contributed by atoms with Crippen molar-refractivity contribution in [3.8, 4) is 0 Å². The molecule has 1 aromatic rings. The number of carboxylic acids is 1. The molecule has 1 rings (SSSR count). The third-order valence-corrected chi connectivity index (χ3v) is 1.99. The van der Waals surface area contributed by atoms with Gasteiger partial charge in [-0.15, -0.1) is 0 Å². The highest BCUT2D eigenvalue weighted by atomic mass is 16.4. The predicted molar refractivity (Wildman–Crippen MR) is 52.2 cm³/mol. The number of aliphatic carboxylic acids is 1. The Morgan fingerprint density at radius 3 is 2.50 bits per heavy atom. The molecule has 0 aliphatic carbocycles. The normalized spacial score (nSPS) is 9.71. The van der Waals surface area contributed by atoms with Crippen LogP contribution in [0.1, 0.15) is 17.5 Å².